The number of rotatable bonds is 5. The number of halogens is 2. The van der Waals surface area contributed by atoms with Gasteiger partial charge in [0.1, 0.15) is 5.82 Å². The minimum atomic E-state index is -3.89. The summed E-state index contributed by atoms with van der Waals surface area (Å²) in [4.78, 5) is 11.1. The van der Waals surface area contributed by atoms with Gasteiger partial charge in [-0.1, -0.05) is 24.6 Å². The van der Waals surface area contributed by atoms with Gasteiger partial charge >= 0.3 is 5.97 Å². The second-order valence-electron chi connectivity index (χ2n) is 5.70. The largest absolute Gasteiger partial charge is 0.481 e. The molecular formula is C14H18ClFN2O4S. The molecule has 2 rings (SSSR count). The minimum Gasteiger partial charge on any atom is -0.481 e. The quantitative estimate of drug-likeness (QED) is 0.864. The van der Waals surface area contributed by atoms with E-state index >= 15 is 0 Å². The third-order valence-electron chi connectivity index (χ3n) is 4.06. The summed E-state index contributed by atoms with van der Waals surface area (Å²) in [5, 5.41) is 9.26. The second-order valence-corrected chi connectivity index (χ2v) is 8.15. The molecule has 1 aromatic rings. The Morgan fingerprint density at radius 1 is 1.48 bits per heavy atom. The van der Waals surface area contributed by atoms with E-state index in [0.717, 1.165) is 8.61 Å². The average molecular weight is 365 g/mol. The van der Waals surface area contributed by atoms with Gasteiger partial charge in [0, 0.05) is 37.3 Å². The third kappa shape index (κ3) is 3.65. The summed E-state index contributed by atoms with van der Waals surface area (Å²) in [5.74, 6) is -2.63. The van der Waals surface area contributed by atoms with Gasteiger partial charge < -0.3 is 5.11 Å². The molecule has 1 saturated heterocycles. The van der Waals surface area contributed by atoms with Crippen LogP contribution in [0.4, 0.5) is 4.39 Å². The third-order valence-corrected chi connectivity index (χ3v) is 6.28. The number of nitrogens with zero attached hydrogens (tertiary/aromatic N) is 2. The molecule has 1 fully saturated rings. The van der Waals surface area contributed by atoms with E-state index in [1.54, 1.807) is 6.92 Å². The van der Waals surface area contributed by atoms with Crippen molar-refractivity contribution < 1.29 is 22.7 Å². The zero-order chi connectivity index (χ0) is 17.4. The van der Waals surface area contributed by atoms with Crippen molar-refractivity contribution in [3.05, 3.63) is 34.6 Å². The molecule has 1 aliphatic heterocycles. The van der Waals surface area contributed by atoms with Crippen LogP contribution in [0.25, 0.3) is 0 Å². The Labute approximate surface area is 139 Å². The highest BCUT2D eigenvalue weighted by molar-refractivity contribution is 7.86. The maximum atomic E-state index is 13.8. The molecule has 0 aliphatic carbocycles. The zero-order valence-corrected chi connectivity index (χ0v) is 14.3. The molecule has 0 radical (unpaired) electrons. The molecule has 1 aliphatic rings. The van der Waals surface area contributed by atoms with Gasteiger partial charge in [0.2, 0.25) is 0 Å². The monoisotopic (exact) mass is 364 g/mol. The van der Waals surface area contributed by atoms with Crippen molar-refractivity contribution in [1.82, 2.24) is 8.61 Å². The lowest BCUT2D eigenvalue weighted by molar-refractivity contribution is -0.142. The summed E-state index contributed by atoms with van der Waals surface area (Å²) in [6.07, 6.45) is 0. The molecule has 1 N–H and O–H groups in total. The summed E-state index contributed by atoms with van der Waals surface area (Å²) >= 11 is 5.92. The molecule has 6 nitrogen and oxygen atoms in total. The topological polar surface area (TPSA) is 77.9 Å². The van der Waals surface area contributed by atoms with E-state index in [2.05, 4.69) is 0 Å². The lowest BCUT2D eigenvalue weighted by atomic mass is 9.99. The normalized spacial score (nSPS) is 22.7. The molecule has 0 amide bonds. The molecule has 23 heavy (non-hydrogen) atoms. The van der Waals surface area contributed by atoms with Gasteiger partial charge in [-0.15, -0.1) is 0 Å². The molecule has 0 unspecified atom stereocenters. The highest BCUT2D eigenvalue weighted by Gasteiger charge is 2.41. The van der Waals surface area contributed by atoms with E-state index < -0.39 is 27.9 Å². The number of benzene rings is 1. The first kappa shape index (κ1) is 18.1. The maximum absolute atomic E-state index is 13.8. The lowest BCUT2D eigenvalue weighted by Gasteiger charge is -2.24. The molecule has 1 aromatic carbocycles. The number of hydrogen-bond acceptors (Lipinski definition) is 3. The minimum absolute atomic E-state index is 0.0854. The fourth-order valence-corrected chi connectivity index (χ4v) is 4.30. The lowest BCUT2D eigenvalue weighted by Crippen LogP contribution is -2.41. The van der Waals surface area contributed by atoms with E-state index in [1.807, 2.05) is 0 Å². The number of aliphatic carboxylic acids is 1. The van der Waals surface area contributed by atoms with Gasteiger partial charge in [0.15, 0.2) is 0 Å². The van der Waals surface area contributed by atoms with Gasteiger partial charge in [-0.2, -0.15) is 17.0 Å². The van der Waals surface area contributed by atoms with Gasteiger partial charge in [0.05, 0.1) is 5.92 Å². The Hall–Kier alpha value is -1.22. The van der Waals surface area contributed by atoms with Crippen LogP contribution in [0.1, 0.15) is 12.5 Å². The molecule has 9 heteroatoms. The van der Waals surface area contributed by atoms with Crippen LogP contribution >= 0.6 is 11.6 Å². The Morgan fingerprint density at radius 2 is 2.13 bits per heavy atom. The Bertz CT molecular complexity index is 692. The molecule has 0 spiro atoms. The van der Waals surface area contributed by atoms with Crippen LogP contribution in [0.15, 0.2) is 18.2 Å². The molecule has 0 aromatic heterocycles. The fourth-order valence-electron chi connectivity index (χ4n) is 2.62. The molecule has 0 saturated carbocycles. The molecule has 1 heterocycles. The van der Waals surface area contributed by atoms with Gasteiger partial charge in [-0.25, -0.2) is 4.39 Å². The summed E-state index contributed by atoms with van der Waals surface area (Å²) in [5.41, 5.74) is 0.0854. The highest BCUT2D eigenvalue weighted by Crippen LogP contribution is 2.28. The van der Waals surface area contributed by atoms with Crippen molar-refractivity contribution >= 4 is 27.8 Å². The van der Waals surface area contributed by atoms with Gasteiger partial charge in [-0.05, 0) is 18.1 Å². The standard InChI is InChI=1S/C14H18ClFN2O4S/c1-9-6-18(8-10(9)14(19)20)23(21,22)17(2)7-11-12(15)4-3-5-13(11)16/h3-5,9-10H,6-8H2,1-2H3,(H,19,20)/t9-,10-/m1/s1. The van der Waals surface area contributed by atoms with Crippen molar-refractivity contribution in [1.29, 1.82) is 0 Å². The Morgan fingerprint density at radius 3 is 2.65 bits per heavy atom. The number of carbonyl (C=O) groups is 1. The van der Waals surface area contributed by atoms with Crippen molar-refractivity contribution in [2.75, 3.05) is 20.1 Å². The van der Waals surface area contributed by atoms with E-state index in [1.165, 1.54) is 25.2 Å². The summed E-state index contributed by atoms with van der Waals surface area (Å²) in [6.45, 7) is 1.50. The predicted octanol–water partition coefficient (Wildman–Crippen LogP) is 1.81. The second kappa shape index (κ2) is 6.72. The van der Waals surface area contributed by atoms with Crippen molar-refractivity contribution in [3.8, 4) is 0 Å². The Balaban J connectivity index is 2.18. The molecule has 0 bridgehead atoms. The van der Waals surface area contributed by atoms with Crippen LogP contribution in [0.5, 0.6) is 0 Å². The van der Waals surface area contributed by atoms with Crippen molar-refractivity contribution in [3.63, 3.8) is 0 Å². The van der Waals surface area contributed by atoms with Crippen LogP contribution < -0.4 is 0 Å². The van der Waals surface area contributed by atoms with Gasteiger partial charge in [0.25, 0.3) is 10.2 Å². The summed E-state index contributed by atoms with van der Waals surface area (Å²) in [7, 11) is -2.58. The summed E-state index contributed by atoms with van der Waals surface area (Å²) < 4.78 is 41.0. The van der Waals surface area contributed by atoms with Crippen LogP contribution in [0, 0.1) is 17.7 Å². The van der Waals surface area contributed by atoms with Crippen molar-refractivity contribution in [2.45, 2.75) is 13.5 Å². The number of hydrogen-bond donors (Lipinski definition) is 1. The maximum Gasteiger partial charge on any atom is 0.308 e. The van der Waals surface area contributed by atoms with Crippen LogP contribution in [-0.2, 0) is 21.5 Å². The molecule has 128 valence electrons. The van der Waals surface area contributed by atoms with E-state index in [-0.39, 0.29) is 36.1 Å². The van der Waals surface area contributed by atoms with E-state index in [9.17, 15) is 17.6 Å². The predicted molar refractivity (Wildman–Crippen MR) is 83.7 cm³/mol. The Kier molecular flexibility index (Phi) is 5.30. The smallest absolute Gasteiger partial charge is 0.308 e. The zero-order valence-electron chi connectivity index (χ0n) is 12.7. The van der Waals surface area contributed by atoms with Crippen molar-refractivity contribution in [2.24, 2.45) is 11.8 Å². The number of carboxylic acids is 1. The van der Waals surface area contributed by atoms with Crippen LogP contribution in [0.2, 0.25) is 5.02 Å². The first-order valence-electron chi connectivity index (χ1n) is 7.01. The van der Waals surface area contributed by atoms with E-state index in [0.29, 0.717) is 0 Å². The molecule has 2 atom stereocenters. The summed E-state index contributed by atoms with van der Waals surface area (Å²) in [6, 6.07) is 4.13. The van der Waals surface area contributed by atoms with Crippen LogP contribution in [0.3, 0.4) is 0 Å². The first-order chi connectivity index (χ1) is 10.6. The van der Waals surface area contributed by atoms with Gasteiger partial charge in [-0.3, -0.25) is 4.79 Å². The number of carboxylic acid groups (broad SMARTS) is 1. The first-order valence-corrected chi connectivity index (χ1v) is 8.79. The van der Waals surface area contributed by atoms with E-state index in [4.69, 9.17) is 16.7 Å². The molecular weight excluding hydrogens is 347 g/mol. The fraction of sp³-hybridized carbons (Fsp3) is 0.500. The highest BCUT2D eigenvalue weighted by atomic mass is 35.5. The van der Waals surface area contributed by atoms with Crippen LogP contribution in [-0.4, -0.2) is 48.2 Å². The SMILES string of the molecule is C[C@@H]1CN(S(=O)(=O)N(C)Cc2c(F)cccc2Cl)C[C@H]1C(=O)O. The average Bonchev–Trinajstić information content (AvgIpc) is 2.85.